The van der Waals surface area contributed by atoms with Gasteiger partial charge in [0.2, 0.25) is 17.6 Å². The summed E-state index contributed by atoms with van der Waals surface area (Å²) >= 11 is 5.87. The first kappa shape index (κ1) is 20.4. The number of hydrogen-bond acceptors (Lipinski definition) is 7. The third-order valence-electron chi connectivity index (χ3n) is 4.50. The van der Waals surface area contributed by atoms with Gasteiger partial charge in [-0.15, -0.1) is 0 Å². The van der Waals surface area contributed by atoms with Crippen LogP contribution in [0.5, 0.6) is 0 Å². The Morgan fingerprint density at radius 2 is 1.97 bits per heavy atom. The van der Waals surface area contributed by atoms with E-state index in [2.05, 4.69) is 30.4 Å². The summed E-state index contributed by atoms with van der Waals surface area (Å²) in [4.78, 5) is 40.2. The third kappa shape index (κ3) is 4.84. The summed E-state index contributed by atoms with van der Waals surface area (Å²) in [5.41, 5.74) is 1.82. The maximum Gasteiger partial charge on any atom is 0.255 e. The van der Waals surface area contributed by atoms with Crippen LogP contribution in [0.15, 0.2) is 58.1 Å². The molecule has 3 aromatic heterocycles. The van der Waals surface area contributed by atoms with Crippen molar-refractivity contribution in [2.45, 2.75) is 19.9 Å². The van der Waals surface area contributed by atoms with E-state index in [1.165, 1.54) is 0 Å². The zero-order chi connectivity index (χ0) is 21.8. The molecule has 4 rings (SSSR count). The lowest BCUT2D eigenvalue weighted by Gasteiger charge is -2.07. The van der Waals surface area contributed by atoms with Crippen LogP contribution in [-0.4, -0.2) is 31.0 Å². The maximum atomic E-state index is 12.5. The molecular formula is C21H17ClN6O3. The predicted octanol–water partition coefficient (Wildman–Crippen LogP) is 2.70. The van der Waals surface area contributed by atoms with Gasteiger partial charge in [-0.3, -0.25) is 14.6 Å². The first-order valence-electron chi connectivity index (χ1n) is 9.35. The number of hydrogen-bond donors (Lipinski definition) is 2. The number of H-pyrrole nitrogens is 1. The highest BCUT2D eigenvalue weighted by Gasteiger charge is 2.15. The van der Waals surface area contributed by atoms with Gasteiger partial charge in [0.1, 0.15) is 5.82 Å². The lowest BCUT2D eigenvalue weighted by molar-refractivity contribution is -0.120. The number of aromatic amines is 1. The number of benzene rings is 1. The van der Waals surface area contributed by atoms with Crippen molar-refractivity contribution >= 4 is 17.5 Å². The number of nitrogens with zero attached hydrogens (tertiary/aromatic N) is 4. The summed E-state index contributed by atoms with van der Waals surface area (Å²) in [5.74, 6) is 0.675. The van der Waals surface area contributed by atoms with E-state index in [1.807, 2.05) is 0 Å². The van der Waals surface area contributed by atoms with Crippen molar-refractivity contribution < 1.29 is 9.32 Å². The molecule has 9 nitrogen and oxygen atoms in total. The standard InChI is InChI=1S/C21H17ClN6O3/c1-12-16(21(30)27-19(25-12)14-3-2-8-23-10-14)9-17(29)24-11-18-26-20(28-31-18)13-4-6-15(22)7-5-13/h2-8,10H,9,11H2,1H3,(H,24,29)(H,25,27,30). The summed E-state index contributed by atoms with van der Waals surface area (Å²) < 4.78 is 5.17. The van der Waals surface area contributed by atoms with Gasteiger partial charge in [-0.2, -0.15) is 4.98 Å². The largest absolute Gasteiger partial charge is 0.347 e. The summed E-state index contributed by atoms with van der Waals surface area (Å²) in [6.45, 7) is 1.73. The van der Waals surface area contributed by atoms with E-state index in [4.69, 9.17) is 16.1 Å². The topological polar surface area (TPSA) is 127 Å². The number of nitrogens with one attached hydrogen (secondary N) is 2. The highest BCUT2D eigenvalue weighted by Crippen LogP contribution is 2.18. The van der Waals surface area contributed by atoms with Crippen LogP contribution in [0, 0.1) is 6.92 Å². The summed E-state index contributed by atoms with van der Waals surface area (Å²) in [6.07, 6.45) is 3.11. The van der Waals surface area contributed by atoms with Crippen LogP contribution in [0.3, 0.4) is 0 Å². The van der Waals surface area contributed by atoms with Crippen LogP contribution < -0.4 is 10.9 Å². The van der Waals surface area contributed by atoms with Gasteiger partial charge < -0.3 is 14.8 Å². The molecule has 0 spiro atoms. The predicted molar refractivity (Wildman–Crippen MR) is 113 cm³/mol. The molecule has 156 valence electrons. The first-order valence-corrected chi connectivity index (χ1v) is 9.73. The summed E-state index contributed by atoms with van der Waals surface area (Å²) in [6, 6.07) is 10.5. The highest BCUT2D eigenvalue weighted by molar-refractivity contribution is 6.30. The molecule has 0 aliphatic heterocycles. The quantitative estimate of drug-likeness (QED) is 0.475. The molecule has 1 aromatic carbocycles. The van der Waals surface area contributed by atoms with Crippen LogP contribution in [0.2, 0.25) is 5.02 Å². The number of aromatic nitrogens is 5. The Morgan fingerprint density at radius 3 is 2.68 bits per heavy atom. The van der Waals surface area contributed by atoms with Gasteiger partial charge in [0.05, 0.1) is 13.0 Å². The second-order valence-corrected chi connectivity index (χ2v) is 7.13. The molecule has 0 radical (unpaired) electrons. The van der Waals surface area contributed by atoms with Gasteiger partial charge >= 0.3 is 0 Å². The zero-order valence-electron chi connectivity index (χ0n) is 16.4. The van der Waals surface area contributed by atoms with Gasteiger partial charge in [0, 0.05) is 39.8 Å². The Labute approximate surface area is 181 Å². The molecule has 0 aliphatic rings. The molecule has 10 heteroatoms. The average Bonchev–Trinajstić information content (AvgIpc) is 3.25. The SMILES string of the molecule is Cc1nc(-c2cccnc2)[nH]c(=O)c1CC(=O)NCc1nc(-c2ccc(Cl)cc2)no1. The van der Waals surface area contributed by atoms with Crippen molar-refractivity contribution in [3.05, 3.63) is 81.3 Å². The lowest BCUT2D eigenvalue weighted by atomic mass is 10.1. The Morgan fingerprint density at radius 1 is 1.16 bits per heavy atom. The van der Waals surface area contributed by atoms with Gasteiger partial charge in [-0.1, -0.05) is 16.8 Å². The van der Waals surface area contributed by atoms with Gasteiger partial charge in [-0.25, -0.2) is 4.98 Å². The Hall–Kier alpha value is -3.85. The van der Waals surface area contributed by atoms with Gasteiger partial charge in [0.15, 0.2) is 0 Å². The Kier molecular flexibility index (Phi) is 5.85. The van der Waals surface area contributed by atoms with E-state index < -0.39 is 0 Å². The number of carbonyl (C=O) groups excluding carboxylic acids is 1. The number of aryl methyl sites for hydroxylation is 1. The number of amides is 1. The molecule has 0 atom stereocenters. The summed E-state index contributed by atoms with van der Waals surface area (Å²) in [5, 5.41) is 7.17. The molecule has 0 bridgehead atoms. The Balaban J connectivity index is 1.40. The van der Waals surface area contributed by atoms with E-state index >= 15 is 0 Å². The number of halogens is 1. The normalized spacial score (nSPS) is 10.8. The van der Waals surface area contributed by atoms with Crippen molar-refractivity contribution in [3.8, 4) is 22.8 Å². The molecule has 1 amide bonds. The highest BCUT2D eigenvalue weighted by atomic mass is 35.5. The van der Waals surface area contributed by atoms with E-state index in [0.29, 0.717) is 27.9 Å². The molecule has 0 fully saturated rings. The second-order valence-electron chi connectivity index (χ2n) is 6.69. The van der Waals surface area contributed by atoms with Crippen LogP contribution >= 0.6 is 11.6 Å². The van der Waals surface area contributed by atoms with Crippen LogP contribution in [0.1, 0.15) is 17.1 Å². The first-order chi connectivity index (χ1) is 15.0. The lowest BCUT2D eigenvalue weighted by Crippen LogP contribution is -2.29. The molecule has 3 heterocycles. The van der Waals surface area contributed by atoms with Crippen molar-refractivity contribution in [3.63, 3.8) is 0 Å². The van der Waals surface area contributed by atoms with Crippen LogP contribution in [0.25, 0.3) is 22.8 Å². The fourth-order valence-electron chi connectivity index (χ4n) is 2.90. The van der Waals surface area contributed by atoms with Crippen molar-refractivity contribution in [2.75, 3.05) is 0 Å². The van der Waals surface area contributed by atoms with Crippen LogP contribution in [-0.2, 0) is 17.8 Å². The molecule has 31 heavy (non-hydrogen) atoms. The minimum Gasteiger partial charge on any atom is -0.347 e. The molecule has 0 aliphatic carbocycles. The summed E-state index contributed by atoms with van der Waals surface area (Å²) in [7, 11) is 0. The zero-order valence-corrected chi connectivity index (χ0v) is 17.2. The molecule has 0 saturated carbocycles. The minimum atomic E-state index is -0.371. The van der Waals surface area contributed by atoms with Crippen molar-refractivity contribution in [1.29, 1.82) is 0 Å². The average molecular weight is 437 g/mol. The smallest absolute Gasteiger partial charge is 0.255 e. The van der Waals surface area contributed by atoms with E-state index in [-0.39, 0.29) is 35.9 Å². The monoisotopic (exact) mass is 436 g/mol. The molecular weight excluding hydrogens is 420 g/mol. The molecule has 4 aromatic rings. The van der Waals surface area contributed by atoms with E-state index in [9.17, 15) is 9.59 Å². The molecule has 2 N–H and O–H groups in total. The fraction of sp³-hybridized carbons (Fsp3) is 0.143. The number of rotatable bonds is 6. The van der Waals surface area contributed by atoms with Gasteiger partial charge in [-0.05, 0) is 43.3 Å². The maximum absolute atomic E-state index is 12.5. The number of pyridine rings is 1. The van der Waals surface area contributed by atoms with Crippen molar-refractivity contribution in [1.82, 2.24) is 30.4 Å². The van der Waals surface area contributed by atoms with E-state index in [0.717, 1.165) is 5.56 Å². The van der Waals surface area contributed by atoms with E-state index in [1.54, 1.807) is 55.7 Å². The third-order valence-corrected chi connectivity index (χ3v) is 4.75. The Bertz CT molecular complexity index is 1270. The van der Waals surface area contributed by atoms with Crippen LogP contribution in [0.4, 0.5) is 0 Å². The van der Waals surface area contributed by atoms with Gasteiger partial charge in [0.25, 0.3) is 5.56 Å². The second kappa shape index (κ2) is 8.88. The molecule has 0 saturated heterocycles. The molecule has 0 unspecified atom stereocenters. The number of carbonyl (C=O) groups is 1. The van der Waals surface area contributed by atoms with Crippen molar-refractivity contribution in [2.24, 2.45) is 0 Å². The minimum absolute atomic E-state index is 0.0393. The fourth-order valence-corrected chi connectivity index (χ4v) is 3.02.